The Kier molecular flexibility index (Phi) is 4.12. The van der Waals surface area contributed by atoms with Crippen molar-refractivity contribution in [1.29, 1.82) is 0 Å². The summed E-state index contributed by atoms with van der Waals surface area (Å²) in [4.78, 5) is 14.2. The van der Waals surface area contributed by atoms with Gasteiger partial charge in [0.1, 0.15) is 11.5 Å². The Bertz CT molecular complexity index is 739. The lowest BCUT2D eigenvalue weighted by Crippen LogP contribution is -1.95. The van der Waals surface area contributed by atoms with Gasteiger partial charge in [-0.2, -0.15) is 9.36 Å². The van der Waals surface area contributed by atoms with Crippen LogP contribution in [0.4, 0.5) is 10.9 Å². The zero-order chi connectivity index (χ0) is 14.7. The normalized spacial score (nSPS) is 10.6. The number of pyridine rings is 2. The predicted molar refractivity (Wildman–Crippen MR) is 87.2 cm³/mol. The summed E-state index contributed by atoms with van der Waals surface area (Å²) in [6.45, 7) is 2.00. The summed E-state index contributed by atoms with van der Waals surface area (Å²) in [5.41, 5.74) is 1.84. The maximum absolute atomic E-state index is 4.46. The van der Waals surface area contributed by atoms with Crippen LogP contribution in [0.2, 0.25) is 0 Å². The highest BCUT2D eigenvalue weighted by Gasteiger charge is 2.09. The molecule has 0 aromatic carbocycles. The molecule has 0 bridgehead atoms. The van der Waals surface area contributed by atoms with Crippen LogP contribution in [0.25, 0.3) is 11.5 Å². The molecule has 0 amide bonds. The van der Waals surface area contributed by atoms with Crippen LogP contribution in [0.3, 0.4) is 0 Å². The van der Waals surface area contributed by atoms with Crippen LogP contribution in [0, 0.1) is 6.92 Å². The Morgan fingerprint density at radius 1 is 1.19 bits per heavy atom. The van der Waals surface area contributed by atoms with Crippen LogP contribution in [0.15, 0.2) is 41.6 Å². The molecule has 3 aromatic rings. The van der Waals surface area contributed by atoms with Gasteiger partial charge < -0.3 is 5.32 Å². The quantitative estimate of drug-likeness (QED) is 0.739. The third-order valence-corrected chi connectivity index (χ3v) is 4.21. The van der Waals surface area contributed by atoms with Gasteiger partial charge in [0, 0.05) is 28.8 Å². The van der Waals surface area contributed by atoms with E-state index in [1.165, 1.54) is 11.5 Å². The van der Waals surface area contributed by atoms with E-state index in [0.717, 1.165) is 22.0 Å². The lowest BCUT2D eigenvalue weighted by atomic mass is 10.3. The lowest BCUT2D eigenvalue weighted by Gasteiger charge is -2.03. The van der Waals surface area contributed by atoms with E-state index in [-0.39, 0.29) is 0 Å². The summed E-state index contributed by atoms with van der Waals surface area (Å²) < 4.78 is 4.34. The molecule has 7 heteroatoms. The molecule has 0 unspecified atom stereocenters. The van der Waals surface area contributed by atoms with E-state index >= 15 is 0 Å². The SMILES string of the molecule is CSc1ccc(-c2nsc(Nc3ncccc3C)n2)nc1. The van der Waals surface area contributed by atoms with Crippen LogP contribution >= 0.6 is 23.3 Å². The number of anilines is 2. The first-order chi connectivity index (χ1) is 10.3. The maximum atomic E-state index is 4.46. The molecular weight excluding hydrogens is 302 g/mol. The molecule has 0 radical (unpaired) electrons. The Morgan fingerprint density at radius 2 is 2.10 bits per heavy atom. The largest absolute Gasteiger partial charge is 0.315 e. The molecule has 0 aliphatic rings. The highest BCUT2D eigenvalue weighted by atomic mass is 32.2. The average molecular weight is 315 g/mol. The molecule has 0 fully saturated rings. The topological polar surface area (TPSA) is 63.6 Å². The van der Waals surface area contributed by atoms with Gasteiger partial charge in [-0.05, 0) is 36.9 Å². The highest BCUT2D eigenvalue weighted by molar-refractivity contribution is 7.98. The van der Waals surface area contributed by atoms with Gasteiger partial charge in [0.05, 0.1) is 0 Å². The molecule has 0 saturated carbocycles. The molecule has 0 aliphatic heterocycles. The molecule has 21 heavy (non-hydrogen) atoms. The lowest BCUT2D eigenvalue weighted by molar-refractivity contribution is 1.18. The first-order valence-corrected chi connectivity index (χ1v) is 8.29. The van der Waals surface area contributed by atoms with Crippen molar-refractivity contribution in [3.05, 3.63) is 42.2 Å². The minimum absolute atomic E-state index is 0.628. The summed E-state index contributed by atoms with van der Waals surface area (Å²) >= 11 is 2.96. The molecule has 106 valence electrons. The fraction of sp³-hybridized carbons (Fsp3) is 0.143. The summed E-state index contributed by atoms with van der Waals surface area (Å²) in [5.74, 6) is 1.43. The summed E-state index contributed by atoms with van der Waals surface area (Å²) in [7, 11) is 0. The zero-order valence-electron chi connectivity index (χ0n) is 11.6. The van der Waals surface area contributed by atoms with Crippen molar-refractivity contribution in [2.75, 3.05) is 11.6 Å². The van der Waals surface area contributed by atoms with Crippen LogP contribution in [0.1, 0.15) is 5.56 Å². The first-order valence-electron chi connectivity index (χ1n) is 6.29. The summed E-state index contributed by atoms with van der Waals surface area (Å²) in [6, 6.07) is 7.86. The third-order valence-electron chi connectivity index (χ3n) is 2.86. The molecule has 0 aliphatic carbocycles. The molecule has 3 aromatic heterocycles. The van der Waals surface area contributed by atoms with Crippen LogP contribution < -0.4 is 5.32 Å². The van der Waals surface area contributed by atoms with Gasteiger partial charge >= 0.3 is 0 Å². The van der Waals surface area contributed by atoms with Crippen molar-refractivity contribution in [1.82, 2.24) is 19.3 Å². The maximum Gasteiger partial charge on any atom is 0.208 e. The number of aromatic nitrogens is 4. The van der Waals surface area contributed by atoms with E-state index < -0.39 is 0 Å². The summed E-state index contributed by atoms with van der Waals surface area (Å²) in [5, 5.41) is 3.90. The summed E-state index contributed by atoms with van der Waals surface area (Å²) in [6.07, 6.45) is 5.60. The van der Waals surface area contributed by atoms with E-state index in [2.05, 4.69) is 24.6 Å². The second kappa shape index (κ2) is 6.19. The highest BCUT2D eigenvalue weighted by Crippen LogP contribution is 2.24. The minimum atomic E-state index is 0.628. The molecular formula is C14H13N5S2. The second-order valence-corrected chi connectivity index (χ2v) is 5.93. The molecule has 1 N–H and O–H groups in total. The Morgan fingerprint density at radius 3 is 2.81 bits per heavy atom. The predicted octanol–water partition coefficient (Wildman–Crippen LogP) is 3.77. The molecule has 0 atom stereocenters. The molecule has 0 saturated heterocycles. The standard InChI is InChI=1S/C14H13N5S2/c1-9-4-3-7-15-12(9)17-14-18-13(19-21-14)11-6-5-10(20-2)8-16-11/h3-8H,1-2H3,(H,15,17,18,19). The van der Waals surface area contributed by atoms with Crippen LogP contribution in [-0.2, 0) is 0 Å². The van der Waals surface area contributed by atoms with E-state index in [4.69, 9.17) is 0 Å². The number of thioether (sulfide) groups is 1. The van der Waals surface area contributed by atoms with Gasteiger partial charge in [-0.15, -0.1) is 11.8 Å². The van der Waals surface area contributed by atoms with Gasteiger partial charge in [-0.25, -0.2) is 4.98 Å². The Hall–Kier alpha value is -1.99. The Balaban J connectivity index is 1.81. The van der Waals surface area contributed by atoms with Gasteiger partial charge in [0.25, 0.3) is 0 Å². The van der Waals surface area contributed by atoms with Crippen LogP contribution in [0.5, 0.6) is 0 Å². The average Bonchev–Trinajstić information content (AvgIpc) is 2.98. The van der Waals surface area contributed by atoms with E-state index in [0.29, 0.717) is 11.0 Å². The van der Waals surface area contributed by atoms with Crippen molar-refractivity contribution in [3.63, 3.8) is 0 Å². The van der Waals surface area contributed by atoms with Gasteiger partial charge in [0.15, 0.2) is 5.82 Å². The van der Waals surface area contributed by atoms with Crippen molar-refractivity contribution in [3.8, 4) is 11.5 Å². The number of hydrogen-bond acceptors (Lipinski definition) is 7. The van der Waals surface area contributed by atoms with Gasteiger partial charge in [-0.3, -0.25) is 4.98 Å². The monoisotopic (exact) mass is 315 g/mol. The smallest absolute Gasteiger partial charge is 0.208 e. The third kappa shape index (κ3) is 3.20. The van der Waals surface area contributed by atoms with Crippen molar-refractivity contribution >= 4 is 34.2 Å². The number of nitrogens with one attached hydrogen (secondary N) is 1. The molecule has 5 nitrogen and oxygen atoms in total. The minimum Gasteiger partial charge on any atom is -0.315 e. The van der Waals surface area contributed by atoms with Crippen molar-refractivity contribution in [2.24, 2.45) is 0 Å². The van der Waals surface area contributed by atoms with E-state index in [9.17, 15) is 0 Å². The second-order valence-electron chi connectivity index (χ2n) is 4.30. The van der Waals surface area contributed by atoms with Crippen molar-refractivity contribution in [2.45, 2.75) is 11.8 Å². The van der Waals surface area contributed by atoms with Crippen LogP contribution in [-0.4, -0.2) is 25.6 Å². The van der Waals surface area contributed by atoms with E-state index in [1.54, 1.807) is 18.0 Å². The zero-order valence-corrected chi connectivity index (χ0v) is 13.2. The number of rotatable bonds is 4. The number of nitrogens with zero attached hydrogens (tertiary/aromatic N) is 4. The number of aryl methyl sites for hydroxylation is 1. The molecule has 3 heterocycles. The van der Waals surface area contributed by atoms with Gasteiger partial charge in [-0.1, -0.05) is 6.07 Å². The first kappa shape index (κ1) is 14.0. The molecule has 0 spiro atoms. The van der Waals surface area contributed by atoms with E-state index in [1.807, 2.05) is 43.6 Å². The number of hydrogen-bond donors (Lipinski definition) is 1. The van der Waals surface area contributed by atoms with Gasteiger partial charge in [0.2, 0.25) is 5.13 Å². The molecule has 3 rings (SSSR count). The fourth-order valence-electron chi connectivity index (χ4n) is 1.73. The fourth-order valence-corrected chi connectivity index (χ4v) is 2.67. The van der Waals surface area contributed by atoms with Crippen molar-refractivity contribution < 1.29 is 0 Å². The Labute approximate surface area is 131 Å².